The van der Waals surface area contributed by atoms with Gasteiger partial charge >= 0.3 is 0 Å². The number of hydrogen-bond donors (Lipinski definition) is 2. The molecule has 0 radical (unpaired) electrons. The molecule has 1 aliphatic rings. The predicted octanol–water partition coefficient (Wildman–Crippen LogP) is 1.76. The van der Waals surface area contributed by atoms with Gasteiger partial charge in [-0.2, -0.15) is 0 Å². The van der Waals surface area contributed by atoms with Gasteiger partial charge in [-0.05, 0) is 25.9 Å². The van der Waals surface area contributed by atoms with Crippen LogP contribution < -0.4 is 10.6 Å². The third kappa shape index (κ3) is 7.55. The van der Waals surface area contributed by atoms with Gasteiger partial charge in [-0.3, -0.25) is 14.7 Å². The zero-order valence-electron chi connectivity index (χ0n) is 16.2. The highest BCUT2D eigenvalue weighted by molar-refractivity contribution is 14.0. The molecule has 1 amide bonds. The van der Waals surface area contributed by atoms with Gasteiger partial charge in [0.2, 0.25) is 5.91 Å². The Hall–Kier alpha value is -0.570. The van der Waals surface area contributed by atoms with E-state index < -0.39 is 0 Å². The van der Waals surface area contributed by atoms with Crippen molar-refractivity contribution in [2.24, 2.45) is 10.4 Å². The lowest BCUT2D eigenvalue weighted by Crippen LogP contribution is -2.47. The zero-order valence-corrected chi connectivity index (χ0v) is 18.5. The van der Waals surface area contributed by atoms with Crippen LogP contribution in [0.4, 0.5) is 0 Å². The number of carbonyl (C=O) groups is 1. The molecule has 1 unspecified atom stereocenters. The van der Waals surface area contributed by atoms with Crippen molar-refractivity contribution in [2.45, 2.75) is 46.6 Å². The standard InChI is InChI=1S/C17H35N5O.HI/c1-7-22-12-8-9-14(22)13-21(6)16(18-5)20-11-10-19-15(23)17(2,3)4;/h14H,7-13H2,1-6H3,(H,18,20)(H,19,23);1H. The average molecular weight is 453 g/mol. The first-order chi connectivity index (χ1) is 10.8. The van der Waals surface area contributed by atoms with Crippen LogP contribution in [0.3, 0.4) is 0 Å². The molecule has 7 heteroatoms. The third-order valence-electron chi connectivity index (χ3n) is 4.34. The van der Waals surface area contributed by atoms with Gasteiger partial charge in [-0.25, -0.2) is 0 Å². The van der Waals surface area contributed by atoms with Crippen molar-refractivity contribution in [1.29, 1.82) is 0 Å². The summed E-state index contributed by atoms with van der Waals surface area (Å²) >= 11 is 0. The first-order valence-corrected chi connectivity index (χ1v) is 8.73. The quantitative estimate of drug-likeness (QED) is 0.279. The Morgan fingerprint density at radius 1 is 1.29 bits per heavy atom. The van der Waals surface area contributed by atoms with Crippen molar-refractivity contribution in [3.63, 3.8) is 0 Å². The van der Waals surface area contributed by atoms with Crippen molar-refractivity contribution < 1.29 is 4.79 Å². The van der Waals surface area contributed by atoms with E-state index in [9.17, 15) is 4.79 Å². The Kier molecular flexibility index (Phi) is 10.9. The molecule has 0 spiro atoms. The van der Waals surface area contributed by atoms with Crippen molar-refractivity contribution in [3.05, 3.63) is 0 Å². The lowest BCUT2D eigenvalue weighted by molar-refractivity contribution is -0.128. The van der Waals surface area contributed by atoms with Crippen LogP contribution in [0.25, 0.3) is 0 Å². The van der Waals surface area contributed by atoms with Crippen LogP contribution in [0.1, 0.15) is 40.5 Å². The second-order valence-corrected chi connectivity index (χ2v) is 7.29. The molecule has 1 saturated heterocycles. The summed E-state index contributed by atoms with van der Waals surface area (Å²) in [5.41, 5.74) is -0.343. The monoisotopic (exact) mass is 453 g/mol. The van der Waals surface area contributed by atoms with Gasteiger partial charge in [-0.1, -0.05) is 27.7 Å². The molecule has 2 N–H and O–H groups in total. The van der Waals surface area contributed by atoms with E-state index in [-0.39, 0.29) is 35.3 Å². The molecule has 0 bridgehead atoms. The van der Waals surface area contributed by atoms with E-state index in [2.05, 4.69) is 39.4 Å². The van der Waals surface area contributed by atoms with Crippen LogP contribution in [-0.4, -0.2) is 74.5 Å². The number of nitrogens with one attached hydrogen (secondary N) is 2. The fraction of sp³-hybridized carbons (Fsp3) is 0.882. The second-order valence-electron chi connectivity index (χ2n) is 7.29. The van der Waals surface area contributed by atoms with Gasteiger partial charge < -0.3 is 15.5 Å². The lowest BCUT2D eigenvalue weighted by atomic mass is 9.96. The number of carbonyl (C=O) groups excluding carboxylic acids is 1. The molecular weight excluding hydrogens is 417 g/mol. The minimum absolute atomic E-state index is 0. The first-order valence-electron chi connectivity index (χ1n) is 8.73. The number of aliphatic imine (C=N–C) groups is 1. The number of rotatable bonds is 6. The van der Waals surface area contributed by atoms with E-state index in [1.807, 2.05) is 20.8 Å². The average Bonchev–Trinajstić information content (AvgIpc) is 2.93. The molecule has 1 heterocycles. The van der Waals surface area contributed by atoms with Gasteiger partial charge in [0.25, 0.3) is 0 Å². The van der Waals surface area contributed by atoms with Gasteiger partial charge in [0, 0.05) is 45.2 Å². The van der Waals surface area contributed by atoms with Crippen molar-refractivity contribution in [1.82, 2.24) is 20.4 Å². The van der Waals surface area contributed by atoms with E-state index in [0.717, 1.165) is 19.0 Å². The Morgan fingerprint density at radius 2 is 1.92 bits per heavy atom. The van der Waals surface area contributed by atoms with Gasteiger partial charge in [0.05, 0.1) is 0 Å². The zero-order chi connectivity index (χ0) is 17.5. The highest BCUT2D eigenvalue weighted by Gasteiger charge is 2.25. The molecule has 0 aromatic carbocycles. The summed E-state index contributed by atoms with van der Waals surface area (Å²) in [6, 6.07) is 0.615. The molecule has 0 aliphatic carbocycles. The number of hydrogen-bond acceptors (Lipinski definition) is 3. The van der Waals surface area contributed by atoms with E-state index in [1.165, 1.54) is 19.4 Å². The third-order valence-corrected chi connectivity index (χ3v) is 4.34. The number of amides is 1. The number of nitrogens with zero attached hydrogens (tertiary/aromatic N) is 3. The maximum Gasteiger partial charge on any atom is 0.225 e. The van der Waals surface area contributed by atoms with Crippen molar-refractivity contribution in [2.75, 3.05) is 46.8 Å². The van der Waals surface area contributed by atoms with Gasteiger partial charge in [0.15, 0.2) is 5.96 Å². The van der Waals surface area contributed by atoms with Crippen LogP contribution in [0.5, 0.6) is 0 Å². The second kappa shape index (κ2) is 11.1. The molecule has 1 aliphatic heterocycles. The summed E-state index contributed by atoms with van der Waals surface area (Å²) < 4.78 is 0. The summed E-state index contributed by atoms with van der Waals surface area (Å²) in [5.74, 6) is 0.963. The smallest absolute Gasteiger partial charge is 0.225 e. The summed E-state index contributed by atoms with van der Waals surface area (Å²) in [5, 5.41) is 6.27. The number of likely N-dealkylation sites (tertiary alicyclic amines) is 1. The number of guanidine groups is 1. The van der Waals surface area contributed by atoms with Crippen molar-refractivity contribution >= 4 is 35.8 Å². The Bertz CT molecular complexity index is 408. The van der Waals surface area contributed by atoms with E-state index >= 15 is 0 Å². The molecule has 0 aromatic rings. The van der Waals surface area contributed by atoms with E-state index in [1.54, 1.807) is 7.05 Å². The summed E-state index contributed by atoms with van der Waals surface area (Å²) in [4.78, 5) is 20.9. The topological polar surface area (TPSA) is 60.0 Å². The molecule has 1 fully saturated rings. The largest absolute Gasteiger partial charge is 0.354 e. The Labute approximate surface area is 164 Å². The van der Waals surface area contributed by atoms with E-state index in [0.29, 0.717) is 19.1 Å². The lowest BCUT2D eigenvalue weighted by Gasteiger charge is -2.29. The Morgan fingerprint density at radius 3 is 2.46 bits per heavy atom. The Balaban J connectivity index is 0.00000529. The maximum absolute atomic E-state index is 11.8. The fourth-order valence-electron chi connectivity index (χ4n) is 2.92. The number of likely N-dealkylation sites (N-methyl/N-ethyl adjacent to an activating group) is 2. The normalized spacial score (nSPS) is 18.9. The summed E-state index contributed by atoms with van der Waals surface area (Å²) in [6.45, 7) is 12.6. The summed E-state index contributed by atoms with van der Waals surface area (Å²) in [6.07, 6.45) is 2.55. The molecule has 24 heavy (non-hydrogen) atoms. The van der Waals surface area contributed by atoms with Crippen LogP contribution in [0.15, 0.2) is 4.99 Å². The molecule has 0 aromatic heterocycles. The summed E-state index contributed by atoms with van der Waals surface area (Å²) in [7, 11) is 3.88. The SMILES string of the molecule is CCN1CCCC1CN(C)C(=NC)NCCNC(=O)C(C)(C)C.I. The predicted molar refractivity (Wildman–Crippen MR) is 112 cm³/mol. The number of halogens is 1. The van der Waals surface area contributed by atoms with E-state index in [4.69, 9.17) is 0 Å². The highest BCUT2D eigenvalue weighted by Crippen LogP contribution is 2.17. The minimum atomic E-state index is -0.343. The maximum atomic E-state index is 11.8. The highest BCUT2D eigenvalue weighted by atomic mass is 127. The fourth-order valence-corrected chi connectivity index (χ4v) is 2.92. The van der Waals surface area contributed by atoms with Gasteiger partial charge in [0.1, 0.15) is 0 Å². The van der Waals surface area contributed by atoms with Crippen LogP contribution in [0, 0.1) is 5.41 Å². The molecule has 0 saturated carbocycles. The van der Waals surface area contributed by atoms with Crippen LogP contribution in [0.2, 0.25) is 0 Å². The molecule has 1 rings (SSSR count). The van der Waals surface area contributed by atoms with Crippen molar-refractivity contribution in [3.8, 4) is 0 Å². The first kappa shape index (κ1) is 23.4. The molecule has 1 atom stereocenters. The van der Waals surface area contributed by atoms with Crippen LogP contribution in [-0.2, 0) is 4.79 Å². The molecular formula is C17H36IN5O. The molecule has 6 nitrogen and oxygen atoms in total. The molecule has 142 valence electrons. The van der Waals surface area contributed by atoms with Crippen LogP contribution >= 0.6 is 24.0 Å². The minimum Gasteiger partial charge on any atom is -0.354 e. The van der Waals surface area contributed by atoms with Gasteiger partial charge in [-0.15, -0.1) is 24.0 Å².